The van der Waals surface area contributed by atoms with E-state index in [0.29, 0.717) is 16.3 Å². The van der Waals surface area contributed by atoms with E-state index in [2.05, 4.69) is 29.8 Å². The van der Waals surface area contributed by atoms with Gasteiger partial charge in [0.2, 0.25) is 4.80 Å². The van der Waals surface area contributed by atoms with Gasteiger partial charge in [-0.15, -0.1) is 0 Å². The molecule has 0 amide bonds. The molecule has 0 unspecified atom stereocenters. The van der Waals surface area contributed by atoms with Crippen molar-refractivity contribution < 1.29 is 9.13 Å². The molecule has 2 heterocycles. The van der Waals surface area contributed by atoms with Gasteiger partial charge in [-0.2, -0.15) is 4.37 Å². The van der Waals surface area contributed by atoms with E-state index in [1.54, 1.807) is 6.92 Å². The summed E-state index contributed by atoms with van der Waals surface area (Å²) >= 11 is 7.26. The number of nitrogens with zero attached hydrogens (tertiary/aromatic N) is 3. The van der Waals surface area contributed by atoms with Crippen LogP contribution in [0.5, 0.6) is 5.75 Å². The SMILES string of the molecule is C=C(C)Oc1cc(N=c2snc3n2CC(C)(C)C3)c(F)cc1Cl. The van der Waals surface area contributed by atoms with Crippen LogP contribution in [0.15, 0.2) is 29.5 Å². The van der Waals surface area contributed by atoms with Gasteiger partial charge in [-0.25, -0.2) is 9.38 Å². The summed E-state index contributed by atoms with van der Waals surface area (Å²) in [7, 11) is 0. The first kappa shape index (κ1) is 16.2. The number of ether oxygens (including phenoxy) is 1. The van der Waals surface area contributed by atoms with Crippen molar-refractivity contribution in [2.24, 2.45) is 10.4 Å². The Hall–Kier alpha value is -1.66. The van der Waals surface area contributed by atoms with Crippen LogP contribution in [-0.4, -0.2) is 8.94 Å². The Morgan fingerprint density at radius 3 is 2.96 bits per heavy atom. The minimum Gasteiger partial charge on any atom is -0.461 e. The van der Waals surface area contributed by atoms with Crippen LogP contribution >= 0.6 is 23.1 Å². The molecule has 1 aliphatic heterocycles. The molecule has 0 spiro atoms. The summed E-state index contributed by atoms with van der Waals surface area (Å²) in [6, 6.07) is 2.69. The Morgan fingerprint density at radius 1 is 1.52 bits per heavy atom. The van der Waals surface area contributed by atoms with Crippen LogP contribution in [0.2, 0.25) is 5.02 Å². The van der Waals surface area contributed by atoms with Crippen LogP contribution in [-0.2, 0) is 13.0 Å². The Kier molecular flexibility index (Phi) is 4.06. The lowest BCUT2D eigenvalue weighted by molar-refractivity contribution is 0.356. The molecule has 0 aliphatic carbocycles. The molecule has 1 aromatic carbocycles. The van der Waals surface area contributed by atoms with E-state index in [0.717, 1.165) is 18.8 Å². The molecular weight excluding hydrogens is 337 g/mol. The summed E-state index contributed by atoms with van der Waals surface area (Å²) in [5.74, 6) is 1.31. The second kappa shape index (κ2) is 5.76. The van der Waals surface area contributed by atoms with Gasteiger partial charge in [0.15, 0.2) is 5.82 Å². The summed E-state index contributed by atoms with van der Waals surface area (Å²) in [4.78, 5) is 5.10. The predicted molar refractivity (Wildman–Crippen MR) is 89.7 cm³/mol. The molecular formula is C16H17ClFN3OS. The maximum atomic E-state index is 14.2. The third kappa shape index (κ3) is 3.33. The quantitative estimate of drug-likeness (QED) is 0.764. The Labute approximate surface area is 143 Å². The highest BCUT2D eigenvalue weighted by Crippen LogP contribution is 2.33. The Balaban J connectivity index is 2.06. The number of hydrogen-bond acceptors (Lipinski definition) is 4. The third-order valence-corrected chi connectivity index (χ3v) is 4.57. The molecule has 0 saturated carbocycles. The largest absolute Gasteiger partial charge is 0.461 e. The van der Waals surface area contributed by atoms with E-state index in [1.807, 2.05) is 4.57 Å². The number of benzene rings is 1. The van der Waals surface area contributed by atoms with E-state index >= 15 is 0 Å². The highest BCUT2D eigenvalue weighted by Gasteiger charge is 2.30. The van der Waals surface area contributed by atoms with Gasteiger partial charge >= 0.3 is 0 Å². The summed E-state index contributed by atoms with van der Waals surface area (Å²) in [6.45, 7) is 10.5. The second-order valence-corrected chi connectivity index (χ2v) is 7.60. The molecule has 23 heavy (non-hydrogen) atoms. The third-order valence-electron chi connectivity index (χ3n) is 3.50. The summed E-state index contributed by atoms with van der Waals surface area (Å²) in [6.07, 6.45) is 0.895. The van der Waals surface area contributed by atoms with E-state index in [4.69, 9.17) is 16.3 Å². The molecule has 0 radical (unpaired) electrons. The standard InChI is InChI=1S/C16H17ClFN3OS/c1-9(2)22-13-6-12(11(18)5-10(13)17)19-15-21-8-16(3,4)7-14(21)20-23-15/h5-6H,1,7-8H2,2-4H3. The highest BCUT2D eigenvalue weighted by atomic mass is 35.5. The van der Waals surface area contributed by atoms with Crippen molar-refractivity contribution in [1.82, 2.24) is 8.94 Å². The fourth-order valence-corrected chi connectivity index (χ4v) is 3.50. The minimum atomic E-state index is -0.496. The molecule has 2 aromatic rings. The fourth-order valence-electron chi connectivity index (χ4n) is 2.55. The zero-order valence-corrected chi connectivity index (χ0v) is 14.8. The molecule has 0 N–H and O–H groups in total. The van der Waals surface area contributed by atoms with Gasteiger partial charge in [-0.05, 0) is 18.4 Å². The summed E-state index contributed by atoms with van der Waals surface area (Å²) in [5.41, 5.74) is 0.321. The maximum Gasteiger partial charge on any atom is 0.209 e. The average Bonchev–Trinajstić information content (AvgIpc) is 2.91. The topological polar surface area (TPSA) is 39.4 Å². The number of hydrogen-bond donors (Lipinski definition) is 0. The van der Waals surface area contributed by atoms with Crippen molar-refractivity contribution in [1.29, 1.82) is 0 Å². The van der Waals surface area contributed by atoms with Crippen LogP contribution < -0.4 is 9.54 Å². The molecule has 3 rings (SSSR count). The first-order valence-corrected chi connectivity index (χ1v) is 8.33. The number of rotatable bonds is 3. The molecule has 0 atom stereocenters. The van der Waals surface area contributed by atoms with Gasteiger partial charge < -0.3 is 9.30 Å². The molecule has 0 saturated heterocycles. The predicted octanol–water partition coefficient (Wildman–Crippen LogP) is 4.46. The van der Waals surface area contributed by atoms with Crippen molar-refractivity contribution in [3.05, 3.63) is 45.9 Å². The Morgan fingerprint density at radius 2 is 2.26 bits per heavy atom. The van der Waals surface area contributed by atoms with E-state index < -0.39 is 5.82 Å². The van der Waals surface area contributed by atoms with E-state index in [9.17, 15) is 4.39 Å². The van der Waals surface area contributed by atoms with Crippen LogP contribution in [0.1, 0.15) is 26.6 Å². The molecule has 1 aromatic heterocycles. The van der Waals surface area contributed by atoms with Crippen LogP contribution in [0.25, 0.3) is 0 Å². The van der Waals surface area contributed by atoms with Crippen molar-refractivity contribution in [2.75, 3.05) is 0 Å². The second-order valence-electron chi connectivity index (χ2n) is 6.46. The summed E-state index contributed by atoms with van der Waals surface area (Å²) < 4.78 is 26.1. The molecule has 7 heteroatoms. The maximum absolute atomic E-state index is 14.2. The summed E-state index contributed by atoms with van der Waals surface area (Å²) in [5, 5.41) is 0.188. The lowest BCUT2D eigenvalue weighted by Gasteiger charge is -2.14. The first-order valence-electron chi connectivity index (χ1n) is 7.18. The van der Waals surface area contributed by atoms with Crippen LogP contribution in [0.4, 0.5) is 10.1 Å². The van der Waals surface area contributed by atoms with Crippen molar-refractivity contribution in [3.8, 4) is 5.75 Å². The highest BCUT2D eigenvalue weighted by molar-refractivity contribution is 7.02. The van der Waals surface area contributed by atoms with Gasteiger partial charge in [-0.3, -0.25) is 0 Å². The van der Waals surface area contributed by atoms with Crippen LogP contribution in [0, 0.1) is 11.2 Å². The van der Waals surface area contributed by atoms with E-state index in [-0.39, 0.29) is 16.1 Å². The number of fused-ring (bicyclic) bond motifs is 1. The van der Waals surface area contributed by atoms with Crippen molar-refractivity contribution >= 4 is 28.8 Å². The zero-order valence-electron chi connectivity index (χ0n) is 13.2. The molecule has 4 nitrogen and oxygen atoms in total. The van der Waals surface area contributed by atoms with Crippen molar-refractivity contribution in [2.45, 2.75) is 33.7 Å². The number of allylic oxidation sites excluding steroid dienone is 1. The smallest absolute Gasteiger partial charge is 0.209 e. The van der Waals surface area contributed by atoms with Gasteiger partial charge in [0.1, 0.15) is 17.3 Å². The number of aromatic nitrogens is 2. The van der Waals surface area contributed by atoms with Gasteiger partial charge in [0, 0.05) is 30.6 Å². The Bertz CT molecular complexity index is 853. The molecule has 122 valence electrons. The molecule has 1 aliphatic rings. The van der Waals surface area contributed by atoms with Crippen molar-refractivity contribution in [3.63, 3.8) is 0 Å². The monoisotopic (exact) mass is 353 g/mol. The lowest BCUT2D eigenvalue weighted by atomic mass is 9.92. The van der Waals surface area contributed by atoms with E-state index in [1.165, 1.54) is 23.7 Å². The average molecular weight is 354 g/mol. The van der Waals surface area contributed by atoms with Gasteiger partial charge in [0.25, 0.3) is 0 Å². The van der Waals surface area contributed by atoms with Gasteiger partial charge in [-0.1, -0.05) is 32.0 Å². The van der Waals surface area contributed by atoms with Gasteiger partial charge in [0.05, 0.1) is 10.8 Å². The van der Waals surface area contributed by atoms with Crippen LogP contribution in [0.3, 0.4) is 0 Å². The minimum absolute atomic E-state index is 0.146. The first-order chi connectivity index (χ1) is 10.7. The molecule has 0 bridgehead atoms. The lowest BCUT2D eigenvalue weighted by Crippen LogP contribution is -2.19. The molecule has 0 fully saturated rings. The zero-order chi connectivity index (χ0) is 16.8. The number of halogens is 2. The normalized spacial score (nSPS) is 16.5. The fraction of sp³-hybridized carbons (Fsp3) is 0.375.